The van der Waals surface area contributed by atoms with Crippen LogP contribution < -0.4 is 9.47 Å². The van der Waals surface area contributed by atoms with Crippen LogP contribution in [-0.2, 0) is 6.54 Å². The number of piperidine rings is 1. The lowest BCUT2D eigenvalue weighted by Gasteiger charge is -2.37. The van der Waals surface area contributed by atoms with Crippen molar-refractivity contribution >= 4 is 0 Å². The Morgan fingerprint density at radius 3 is 2.42 bits per heavy atom. The average Bonchev–Trinajstić information content (AvgIpc) is 2.68. The van der Waals surface area contributed by atoms with Gasteiger partial charge in [0.05, 0.1) is 14.2 Å². The molecule has 0 saturated carbocycles. The van der Waals surface area contributed by atoms with Crippen molar-refractivity contribution in [3.05, 3.63) is 23.8 Å². The predicted octanol–water partition coefficient (Wildman–Crippen LogP) is 2.70. The molecular weight excluding hydrogens is 326 g/mol. The molecule has 1 atom stereocenters. The van der Waals surface area contributed by atoms with Gasteiger partial charge >= 0.3 is 0 Å². The Labute approximate surface area is 158 Å². The Hall–Kier alpha value is -1.30. The molecule has 3 rings (SSSR count). The number of rotatable bonds is 7. The van der Waals surface area contributed by atoms with Crippen LogP contribution in [0.2, 0.25) is 0 Å². The van der Waals surface area contributed by atoms with E-state index in [-0.39, 0.29) is 0 Å². The zero-order valence-corrected chi connectivity index (χ0v) is 16.7. The quantitative estimate of drug-likeness (QED) is 0.745. The van der Waals surface area contributed by atoms with E-state index in [0.717, 1.165) is 37.2 Å². The maximum Gasteiger partial charge on any atom is 0.123 e. The summed E-state index contributed by atoms with van der Waals surface area (Å²) >= 11 is 0. The Morgan fingerprint density at radius 1 is 0.962 bits per heavy atom. The van der Waals surface area contributed by atoms with Crippen molar-refractivity contribution in [3.8, 4) is 11.5 Å². The molecule has 5 heteroatoms. The molecule has 2 fully saturated rings. The molecular formula is C21H35N3O2. The van der Waals surface area contributed by atoms with Gasteiger partial charge in [-0.3, -0.25) is 4.90 Å². The van der Waals surface area contributed by atoms with Gasteiger partial charge in [-0.1, -0.05) is 6.42 Å². The molecule has 2 heterocycles. The molecule has 0 amide bonds. The first-order valence-corrected chi connectivity index (χ1v) is 10.1. The van der Waals surface area contributed by atoms with E-state index >= 15 is 0 Å². The molecule has 0 spiro atoms. The number of ether oxygens (including phenoxy) is 2. The molecule has 0 N–H and O–H groups in total. The summed E-state index contributed by atoms with van der Waals surface area (Å²) in [5.74, 6) is 1.85. The molecule has 2 aliphatic rings. The fourth-order valence-electron chi connectivity index (χ4n) is 4.26. The van der Waals surface area contributed by atoms with Gasteiger partial charge in [0.15, 0.2) is 0 Å². The van der Waals surface area contributed by atoms with E-state index in [1.54, 1.807) is 14.2 Å². The van der Waals surface area contributed by atoms with Crippen molar-refractivity contribution < 1.29 is 9.47 Å². The predicted molar refractivity (Wildman–Crippen MR) is 106 cm³/mol. The maximum atomic E-state index is 5.53. The first-order valence-electron chi connectivity index (χ1n) is 10.1. The molecule has 26 heavy (non-hydrogen) atoms. The summed E-state index contributed by atoms with van der Waals surface area (Å²) in [5.41, 5.74) is 1.21. The molecule has 1 aromatic carbocycles. The van der Waals surface area contributed by atoms with E-state index in [0.29, 0.717) is 0 Å². The van der Waals surface area contributed by atoms with Crippen molar-refractivity contribution in [2.24, 2.45) is 0 Å². The van der Waals surface area contributed by atoms with Gasteiger partial charge in [-0.05, 0) is 57.6 Å². The molecule has 5 nitrogen and oxygen atoms in total. The number of nitrogens with zero attached hydrogens (tertiary/aromatic N) is 3. The van der Waals surface area contributed by atoms with Crippen LogP contribution in [0.1, 0.15) is 31.2 Å². The fourth-order valence-corrected chi connectivity index (χ4v) is 4.26. The van der Waals surface area contributed by atoms with Crippen LogP contribution in [0.3, 0.4) is 0 Å². The second kappa shape index (κ2) is 9.58. The van der Waals surface area contributed by atoms with Gasteiger partial charge in [0, 0.05) is 44.3 Å². The molecule has 0 aliphatic carbocycles. The third-order valence-electron chi connectivity index (χ3n) is 6.05. The molecule has 2 aliphatic heterocycles. The smallest absolute Gasteiger partial charge is 0.123 e. The van der Waals surface area contributed by atoms with Gasteiger partial charge in [0.25, 0.3) is 0 Å². The summed E-state index contributed by atoms with van der Waals surface area (Å²) in [5, 5.41) is 0. The number of hydrogen-bond acceptors (Lipinski definition) is 5. The van der Waals surface area contributed by atoms with Gasteiger partial charge in [0.2, 0.25) is 0 Å². The largest absolute Gasteiger partial charge is 0.497 e. The Kier molecular flexibility index (Phi) is 7.17. The number of methoxy groups -OCH3 is 2. The second-order valence-corrected chi connectivity index (χ2v) is 7.71. The zero-order chi connectivity index (χ0) is 18.4. The van der Waals surface area contributed by atoms with E-state index < -0.39 is 0 Å². The highest BCUT2D eigenvalue weighted by Gasteiger charge is 2.22. The van der Waals surface area contributed by atoms with E-state index in [1.165, 1.54) is 57.4 Å². The third-order valence-corrected chi connectivity index (χ3v) is 6.05. The van der Waals surface area contributed by atoms with Crippen LogP contribution in [0.4, 0.5) is 0 Å². The number of benzene rings is 1. The molecule has 1 aromatic rings. The number of piperazine rings is 1. The van der Waals surface area contributed by atoms with Crippen LogP contribution in [0.5, 0.6) is 11.5 Å². The van der Waals surface area contributed by atoms with E-state index in [9.17, 15) is 0 Å². The fraction of sp³-hybridized carbons (Fsp3) is 0.714. The van der Waals surface area contributed by atoms with Crippen LogP contribution in [-0.4, -0.2) is 81.3 Å². The lowest BCUT2D eigenvalue weighted by Crippen LogP contribution is -2.47. The van der Waals surface area contributed by atoms with Crippen LogP contribution in [0, 0.1) is 0 Å². The van der Waals surface area contributed by atoms with Crippen molar-refractivity contribution in [1.82, 2.24) is 14.7 Å². The maximum absolute atomic E-state index is 5.53. The molecule has 1 unspecified atom stereocenters. The van der Waals surface area contributed by atoms with Crippen molar-refractivity contribution in [1.29, 1.82) is 0 Å². The van der Waals surface area contributed by atoms with Gasteiger partial charge < -0.3 is 19.3 Å². The number of hydrogen-bond donors (Lipinski definition) is 0. The van der Waals surface area contributed by atoms with E-state index in [2.05, 4.69) is 27.8 Å². The Bertz CT molecular complexity index is 558. The van der Waals surface area contributed by atoms with Gasteiger partial charge in [-0.25, -0.2) is 0 Å². The molecule has 146 valence electrons. The topological polar surface area (TPSA) is 28.2 Å². The van der Waals surface area contributed by atoms with Gasteiger partial charge in [-0.15, -0.1) is 0 Å². The first kappa shape index (κ1) is 19.5. The Balaban J connectivity index is 1.45. The minimum Gasteiger partial charge on any atom is -0.497 e. The van der Waals surface area contributed by atoms with Gasteiger partial charge in [0.1, 0.15) is 11.5 Å². The normalized spacial score (nSPS) is 23.1. The summed E-state index contributed by atoms with van der Waals surface area (Å²) in [7, 11) is 5.75. The summed E-state index contributed by atoms with van der Waals surface area (Å²) < 4.78 is 10.9. The molecule has 0 bridgehead atoms. The van der Waals surface area contributed by atoms with Crippen LogP contribution in [0.25, 0.3) is 0 Å². The van der Waals surface area contributed by atoms with Gasteiger partial charge in [-0.2, -0.15) is 0 Å². The minimum absolute atomic E-state index is 0.794. The summed E-state index contributed by atoms with van der Waals surface area (Å²) in [4.78, 5) is 7.73. The SMILES string of the molecule is COc1ccc(OC)c(CN2CCN(CCC3CCCCN3C)CC2)c1. The monoisotopic (exact) mass is 361 g/mol. The van der Waals surface area contributed by atoms with Crippen molar-refractivity contribution in [2.75, 3.05) is 60.5 Å². The highest BCUT2D eigenvalue weighted by Crippen LogP contribution is 2.26. The molecule has 0 radical (unpaired) electrons. The lowest BCUT2D eigenvalue weighted by atomic mass is 10.00. The standard InChI is InChI=1S/C21H35N3O2/c1-22-10-5-4-6-19(22)9-11-23-12-14-24(15-13-23)17-18-16-20(25-2)7-8-21(18)26-3/h7-8,16,19H,4-6,9-15,17H2,1-3H3. The molecule has 2 saturated heterocycles. The summed E-state index contributed by atoms with van der Waals surface area (Å²) in [6, 6.07) is 6.86. The Morgan fingerprint density at radius 2 is 1.73 bits per heavy atom. The summed E-state index contributed by atoms with van der Waals surface area (Å²) in [6.45, 7) is 8.04. The minimum atomic E-state index is 0.794. The second-order valence-electron chi connectivity index (χ2n) is 7.71. The number of likely N-dealkylation sites (tertiary alicyclic amines) is 1. The zero-order valence-electron chi connectivity index (χ0n) is 16.7. The highest BCUT2D eigenvalue weighted by atomic mass is 16.5. The van der Waals surface area contributed by atoms with E-state index in [4.69, 9.17) is 9.47 Å². The van der Waals surface area contributed by atoms with Crippen LogP contribution >= 0.6 is 0 Å². The highest BCUT2D eigenvalue weighted by molar-refractivity contribution is 5.40. The lowest BCUT2D eigenvalue weighted by molar-refractivity contribution is 0.106. The first-order chi connectivity index (χ1) is 12.7. The van der Waals surface area contributed by atoms with Crippen LogP contribution in [0.15, 0.2) is 18.2 Å². The van der Waals surface area contributed by atoms with Crippen molar-refractivity contribution in [2.45, 2.75) is 38.3 Å². The van der Waals surface area contributed by atoms with Crippen molar-refractivity contribution in [3.63, 3.8) is 0 Å². The summed E-state index contributed by atoms with van der Waals surface area (Å²) in [6.07, 6.45) is 5.48. The average molecular weight is 362 g/mol. The van der Waals surface area contributed by atoms with E-state index in [1.807, 2.05) is 12.1 Å². The molecule has 0 aromatic heterocycles. The third kappa shape index (κ3) is 5.12.